The maximum atomic E-state index is 12.6. The third-order valence-corrected chi connectivity index (χ3v) is 5.72. The van der Waals surface area contributed by atoms with Gasteiger partial charge in [0.1, 0.15) is 6.61 Å². The lowest BCUT2D eigenvalue weighted by molar-refractivity contribution is 0.103. The zero-order chi connectivity index (χ0) is 19.7. The average Bonchev–Trinajstić information content (AvgIpc) is 3.19. The molecule has 0 saturated carbocycles. The summed E-state index contributed by atoms with van der Waals surface area (Å²) in [6.45, 7) is 4.72. The maximum absolute atomic E-state index is 12.6. The molecule has 3 aromatic rings. The van der Waals surface area contributed by atoms with Gasteiger partial charge in [0.2, 0.25) is 5.88 Å². The Labute approximate surface area is 167 Å². The van der Waals surface area contributed by atoms with Gasteiger partial charge < -0.3 is 4.74 Å². The molecule has 0 fully saturated rings. The van der Waals surface area contributed by atoms with E-state index in [0.29, 0.717) is 40.9 Å². The lowest BCUT2D eigenvalue weighted by Gasteiger charge is -2.11. The molecule has 4 rings (SSSR count). The Bertz CT molecular complexity index is 1090. The van der Waals surface area contributed by atoms with E-state index in [9.17, 15) is 9.59 Å². The van der Waals surface area contributed by atoms with Crippen molar-refractivity contribution in [2.75, 3.05) is 5.75 Å². The summed E-state index contributed by atoms with van der Waals surface area (Å²) in [6, 6.07) is 14.9. The minimum absolute atomic E-state index is 0.00588. The number of carbonyl (C=O) groups excluding carboxylic acids is 1. The molecular formula is C22H20N2O3S. The first-order valence-electron chi connectivity index (χ1n) is 9.10. The van der Waals surface area contributed by atoms with Gasteiger partial charge in [-0.05, 0) is 19.4 Å². The first-order chi connectivity index (χ1) is 13.5. The second-order valence-electron chi connectivity index (χ2n) is 6.81. The Morgan fingerprint density at radius 2 is 1.71 bits per heavy atom. The van der Waals surface area contributed by atoms with Gasteiger partial charge in [0.25, 0.3) is 5.56 Å². The molecule has 5 nitrogen and oxygen atoms in total. The Kier molecular flexibility index (Phi) is 5.05. The number of fused-ring (bicyclic) bond motifs is 1. The van der Waals surface area contributed by atoms with E-state index in [-0.39, 0.29) is 11.3 Å². The van der Waals surface area contributed by atoms with E-state index in [1.54, 1.807) is 35.4 Å². The number of carbonyl (C=O) groups is 1. The van der Waals surface area contributed by atoms with Crippen LogP contribution in [0.25, 0.3) is 0 Å². The van der Waals surface area contributed by atoms with Crippen molar-refractivity contribution >= 4 is 17.5 Å². The summed E-state index contributed by atoms with van der Waals surface area (Å²) in [7, 11) is 0. The number of aromatic nitrogens is 2. The molecule has 0 aliphatic carbocycles. The van der Waals surface area contributed by atoms with Gasteiger partial charge in [-0.15, -0.1) is 0 Å². The predicted octanol–water partition coefficient (Wildman–Crippen LogP) is 3.78. The molecule has 28 heavy (non-hydrogen) atoms. The fourth-order valence-corrected chi connectivity index (χ4v) is 4.00. The van der Waals surface area contributed by atoms with Gasteiger partial charge in [-0.1, -0.05) is 65.9 Å². The van der Waals surface area contributed by atoms with Crippen molar-refractivity contribution in [2.45, 2.75) is 32.2 Å². The molecule has 0 N–H and O–H groups in total. The quantitative estimate of drug-likeness (QED) is 0.489. The van der Waals surface area contributed by atoms with Crippen LogP contribution in [0.3, 0.4) is 0 Å². The molecular weight excluding hydrogens is 372 g/mol. The van der Waals surface area contributed by atoms with Crippen LogP contribution in [-0.4, -0.2) is 21.1 Å². The third kappa shape index (κ3) is 3.60. The number of aryl methyl sites for hydroxylation is 1. The molecule has 2 aromatic carbocycles. The minimum atomic E-state index is -0.0379. The molecule has 0 spiro atoms. The van der Waals surface area contributed by atoms with E-state index in [0.717, 1.165) is 16.9 Å². The topological polar surface area (TPSA) is 61.2 Å². The summed E-state index contributed by atoms with van der Waals surface area (Å²) in [4.78, 5) is 29.4. The van der Waals surface area contributed by atoms with Crippen LogP contribution in [0.2, 0.25) is 0 Å². The van der Waals surface area contributed by atoms with Gasteiger partial charge in [0, 0.05) is 23.4 Å². The highest BCUT2D eigenvalue weighted by Gasteiger charge is 2.19. The molecule has 0 amide bonds. The lowest BCUT2D eigenvalue weighted by atomic mass is 10.0. The minimum Gasteiger partial charge on any atom is -0.472 e. The van der Waals surface area contributed by atoms with Crippen LogP contribution >= 0.6 is 11.8 Å². The molecule has 2 heterocycles. The summed E-state index contributed by atoms with van der Waals surface area (Å²) >= 11 is 1.56. The molecule has 1 aliphatic heterocycles. The van der Waals surface area contributed by atoms with Gasteiger partial charge in [0.15, 0.2) is 10.9 Å². The van der Waals surface area contributed by atoms with Crippen molar-refractivity contribution in [3.05, 3.63) is 86.7 Å². The van der Waals surface area contributed by atoms with E-state index in [4.69, 9.17) is 4.74 Å². The van der Waals surface area contributed by atoms with Crippen molar-refractivity contribution in [2.24, 2.45) is 0 Å². The Morgan fingerprint density at radius 3 is 2.39 bits per heavy atom. The van der Waals surface area contributed by atoms with E-state index in [1.165, 1.54) is 0 Å². The number of ketones is 1. The zero-order valence-electron chi connectivity index (χ0n) is 15.8. The normalized spacial score (nSPS) is 12.6. The van der Waals surface area contributed by atoms with Crippen LogP contribution in [0.1, 0.15) is 32.6 Å². The fourth-order valence-electron chi connectivity index (χ4n) is 3.06. The van der Waals surface area contributed by atoms with Crippen molar-refractivity contribution in [3.8, 4) is 5.88 Å². The second-order valence-corrected chi connectivity index (χ2v) is 7.87. The average molecular weight is 392 g/mol. The van der Waals surface area contributed by atoms with Gasteiger partial charge >= 0.3 is 0 Å². The molecule has 1 aromatic heterocycles. The van der Waals surface area contributed by atoms with Gasteiger partial charge in [0.05, 0.1) is 5.56 Å². The molecule has 0 saturated heterocycles. The Balaban J connectivity index is 1.47. The summed E-state index contributed by atoms with van der Waals surface area (Å²) in [6.07, 6.45) is 0. The third-order valence-electron chi connectivity index (χ3n) is 4.77. The summed E-state index contributed by atoms with van der Waals surface area (Å²) in [5, 5.41) is 0.713. The maximum Gasteiger partial charge on any atom is 0.260 e. The van der Waals surface area contributed by atoms with Crippen LogP contribution < -0.4 is 10.3 Å². The summed E-state index contributed by atoms with van der Waals surface area (Å²) < 4.78 is 7.50. The molecule has 1 aliphatic rings. The fraction of sp³-hybridized carbons (Fsp3) is 0.227. The molecule has 6 heteroatoms. The van der Waals surface area contributed by atoms with Crippen molar-refractivity contribution in [3.63, 3.8) is 0 Å². The van der Waals surface area contributed by atoms with Crippen molar-refractivity contribution in [1.29, 1.82) is 0 Å². The van der Waals surface area contributed by atoms with Gasteiger partial charge in [-0.25, -0.2) is 0 Å². The number of rotatable bonds is 5. The first kappa shape index (κ1) is 18.5. The summed E-state index contributed by atoms with van der Waals surface area (Å²) in [5.74, 6) is 1.24. The first-order valence-corrected chi connectivity index (χ1v) is 10.1. The van der Waals surface area contributed by atoms with Gasteiger partial charge in [-0.2, -0.15) is 4.98 Å². The van der Waals surface area contributed by atoms with Crippen LogP contribution in [0, 0.1) is 13.8 Å². The monoisotopic (exact) mass is 392 g/mol. The highest BCUT2D eigenvalue weighted by Crippen LogP contribution is 2.25. The highest BCUT2D eigenvalue weighted by atomic mass is 32.2. The van der Waals surface area contributed by atoms with Crippen LogP contribution in [0.15, 0.2) is 58.5 Å². The zero-order valence-corrected chi connectivity index (χ0v) is 16.6. The largest absolute Gasteiger partial charge is 0.472 e. The van der Waals surface area contributed by atoms with Crippen LogP contribution in [0.4, 0.5) is 0 Å². The number of thioether (sulfide) groups is 1. The number of ether oxygens (including phenoxy) is 1. The van der Waals surface area contributed by atoms with E-state index >= 15 is 0 Å². The molecule has 0 atom stereocenters. The molecule has 0 radical (unpaired) electrons. The highest BCUT2D eigenvalue weighted by molar-refractivity contribution is 7.99. The van der Waals surface area contributed by atoms with Crippen LogP contribution in [0.5, 0.6) is 5.88 Å². The van der Waals surface area contributed by atoms with Gasteiger partial charge in [-0.3, -0.25) is 14.2 Å². The predicted molar refractivity (Wildman–Crippen MR) is 109 cm³/mol. The van der Waals surface area contributed by atoms with Crippen molar-refractivity contribution < 1.29 is 9.53 Å². The second kappa shape index (κ2) is 7.64. The smallest absolute Gasteiger partial charge is 0.260 e. The number of hydrogen-bond donors (Lipinski definition) is 0. The van der Waals surface area contributed by atoms with Crippen LogP contribution in [-0.2, 0) is 13.2 Å². The summed E-state index contributed by atoms with van der Waals surface area (Å²) in [5.41, 5.74) is 3.83. The molecule has 142 valence electrons. The number of benzene rings is 2. The molecule has 0 unspecified atom stereocenters. The van der Waals surface area contributed by atoms with E-state index in [1.807, 2.05) is 43.3 Å². The Morgan fingerprint density at radius 1 is 1.07 bits per heavy atom. The standard InChI is InChI=1S/C22H20N2O3S/c1-14-3-7-17(8-4-14)19(25)18-9-5-16(6-10-18)13-27-20-15(2)21(26)24-11-12-28-22(24)23-20/h3-10H,11-13H2,1-2H3. The lowest BCUT2D eigenvalue weighted by Crippen LogP contribution is -2.23. The SMILES string of the molecule is Cc1ccc(C(=O)c2ccc(COc3nc4n(c(=O)c3C)CCS4)cc2)cc1. The molecule has 0 bridgehead atoms. The van der Waals surface area contributed by atoms with E-state index < -0.39 is 0 Å². The Hall–Kier alpha value is -2.86. The van der Waals surface area contributed by atoms with E-state index in [2.05, 4.69) is 4.98 Å². The number of hydrogen-bond acceptors (Lipinski definition) is 5. The number of nitrogens with zero attached hydrogens (tertiary/aromatic N) is 2. The van der Waals surface area contributed by atoms with Crippen molar-refractivity contribution in [1.82, 2.24) is 9.55 Å².